The van der Waals surface area contributed by atoms with E-state index in [0.29, 0.717) is 19.3 Å². The molecule has 0 radical (unpaired) electrons. The fourth-order valence-electron chi connectivity index (χ4n) is 9.17. The lowest BCUT2D eigenvalue weighted by Gasteiger charge is -2.18. The maximum atomic E-state index is 12.9. The monoisotopic (exact) mass is 1030 g/mol. The number of carbonyl (C=O) groups excluding carboxylic acids is 3. The number of carbonyl (C=O) groups is 3. The first-order valence-corrected chi connectivity index (χ1v) is 31.9. The first-order valence-electron chi connectivity index (χ1n) is 31.9. The second kappa shape index (κ2) is 62.4. The molecule has 0 aromatic rings. The van der Waals surface area contributed by atoms with E-state index in [0.717, 1.165) is 96.3 Å². The van der Waals surface area contributed by atoms with Crippen molar-refractivity contribution in [2.45, 2.75) is 329 Å². The molecular formula is C68H120O6. The van der Waals surface area contributed by atoms with E-state index in [9.17, 15) is 14.4 Å². The van der Waals surface area contributed by atoms with E-state index in [-0.39, 0.29) is 31.1 Å². The van der Waals surface area contributed by atoms with Gasteiger partial charge in [-0.3, -0.25) is 14.4 Å². The Morgan fingerprint density at radius 2 is 0.527 bits per heavy atom. The molecule has 0 saturated heterocycles. The Morgan fingerprint density at radius 1 is 0.284 bits per heavy atom. The summed E-state index contributed by atoms with van der Waals surface area (Å²) in [5, 5.41) is 0. The third-order valence-corrected chi connectivity index (χ3v) is 13.9. The number of ether oxygens (including phenoxy) is 3. The van der Waals surface area contributed by atoms with Crippen molar-refractivity contribution >= 4 is 17.9 Å². The number of hydrogen-bond acceptors (Lipinski definition) is 6. The number of allylic oxidation sites excluding steroid dienone is 12. The van der Waals surface area contributed by atoms with Gasteiger partial charge in [0.25, 0.3) is 0 Å². The zero-order chi connectivity index (χ0) is 53.6. The van der Waals surface area contributed by atoms with Gasteiger partial charge < -0.3 is 14.2 Å². The fourth-order valence-corrected chi connectivity index (χ4v) is 9.17. The van der Waals surface area contributed by atoms with Crippen molar-refractivity contribution < 1.29 is 28.6 Å². The largest absolute Gasteiger partial charge is 0.462 e. The zero-order valence-electron chi connectivity index (χ0n) is 49.1. The van der Waals surface area contributed by atoms with Crippen molar-refractivity contribution in [1.29, 1.82) is 0 Å². The molecule has 0 aromatic heterocycles. The summed E-state index contributed by atoms with van der Waals surface area (Å²) >= 11 is 0. The molecule has 0 fully saturated rings. The number of unbranched alkanes of at least 4 members (excludes halogenated alkanes) is 35. The summed E-state index contributed by atoms with van der Waals surface area (Å²) in [6, 6.07) is 0. The molecule has 0 heterocycles. The van der Waals surface area contributed by atoms with Gasteiger partial charge in [0.05, 0.1) is 0 Å². The minimum absolute atomic E-state index is 0.0759. The predicted octanol–water partition coefficient (Wildman–Crippen LogP) is 21.7. The third-order valence-electron chi connectivity index (χ3n) is 13.9. The van der Waals surface area contributed by atoms with E-state index >= 15 is 0 Å². The Hall–Kier alpha value is -3.15. The molecule has 0 bridgehead atoms. The summed E-state index contributed by atoms with van der Waals surface area (Å²) in [5.74, 6) is -0.875. The molecule has 0 N–H and O–H groups in total. The van der Waals surface area contributed by atoms with Crippen LogP contribution in [0.4, 0.5) is 0 Å². The molecule has 0 spiro atoms. The van der Waals surface area contributed by atoms with Gasteiger partial charge in [0, 0.05) is 19.3 Å². The van der Waals surface area contributed by atoms with Crippen molar-refractivity contribution in [2.24, 2.45) is 0 Å². The van der Waals surface area contributed by atoms with Gasteiger partial charge >= 0.3 is 17.9 Å². The van der Waals surface area contributed by atoms with Crippen LogP contribution >= 0.6 is 0 Å². The van der Waals surface area contributed by atoms with E-state index in [1.165, 1.54) is 186 Å². The zero-order valence-corrected chi connectivity index (χ0v) is 49.1. The molecule has 0 saturated carbocycles. The normalized spacial score (nSPS) is 12.5. The smallest absolute Gasteiger partial charge is 0.306 e. The van der Waals surface area contributed by atoms with E-state index in [4.69, 9.17) is 14.2 Å². The Bertz CT molecular complexity index is 1370. The Morgan fingerprint density at radius 3 is 0.824 bits per heavy atom. The standard InChI is InChI=1S/C68H120O6/c1-4-7-10-13-16-19-21-23-25-27-29-31-32-33-34-35-36-38-39-41-43-45-47-49-52-55-58-61-67(70)73-64-65(63-72-66(69)60-57-54-51-18-15-12-9-6-3)74-68(71)62-59-56-53-50-48-46-44-42-40-37-30-28-26-24-22-20-17-14-11-8-5-2/h8,11,17,20-21,23-24,26-27,29-30,37,65H,4-7,9-10,12-16,18-19,22,25,28,31-36,38-64H2,1-3H3/b11-8-,20-17-,23-21-,26-24-,29-27-,37-30-. The van der Waals surface area contributed by atoms with E-state index in [1.807, 2.05) is 0 Å². The van der Waals surface area contributed by atoms with Crippen LogP contribution in [-0.2, 0) is 28.6 Å². The molecule has 0 aliphatic carbocycles. The summed E-state index contributed by atoms with van der Waals surface area (Å²) < 4.78 is 16.9. The highest BCUT2D eigenvalue weighted by Crippen LogP contribution is 2.17. The summed E-state index contributed by atoms with van der Waals surface area (Å²) in [5.41, 5.74) is 0. The SMILES string of the molecule is CC/C=C\C/C=C\C/C=C\C/C=C\CCCCCCCCCCC(=O)OC(COC(=O)CCCCCCCCCC)COC(=O)CCCCCCCCCCCCCCCCC/C=C\C/C=C\CCCCCCC. The van der Waals surface area contributed by atoms with Crippen LogP contribution in [0.3, 0.4) is 0 Å². The molecule has 1 atom stereocenters. The average Bonchev–Trinajstić information content (AvgIpc) is 3.40. The van der Waals surface area contributed by atoms with Crippen molar-refractivity contribution in [1.82, 2.24) is 0 Å². The van der Waals surface area contributed by atoms with Crippen molar-refractivity contribution in [3.8, 4) is 0 Å². The van der Waals surface area contributed by atoms with Crippen LogP contribution in [0.1, 0.15) is 323 Å². The van der Waals surface area contributed by atoms with Gasteiger partial charge in [-0.15, -0.1) is 0 Å². The maximum Gasteiger partial charge on any atom is 0.306 e. The summed E-state index contributed by atoms with van der Waals surface area (Å²) in [7, 11) is 0. The highest BCUT2D eigenvalue weighted by atomic mass is 16.6. The Labute approximate surface area is 459 Å². The molecule has 6 heteroatoms. The quantitative estimate of drug-likeness (QED) is 0.0261. The van der Waals surface area contributed by atoms with E-state index in [1.54, 1.807) is 0 Å². The van der Waals surface area contributed by atoms with Gasteiger partial charge in [-0.25, -0.2) is 0 Å². The first kappa shape index (κ1) is 70.8. The van der Waals surface area contributed by atoms with Crippen LogP contribution in [0.15, 0.2) is 72.9 Å². The van der Waals surface area contributed by atoms with Crippen molar-refractivity contribution in [2.75, 3.05) is 13.2 Å². The van der Waals surface area contributed by atoms with Crippen LogP contribution in [-0.4, -0.2) is 37.2 Å². The fraction of sp³-hybridized carbons (Fsp3) is 0.779. The van der Waals surface area contributed by atoms with Crippen LogP contribution < -0.4 is 0 Å². The van der Waals surface area contributed by atoms with Gasteiger partial charge in [0.1, 0.15) is 13.2 Å². The van der Waals surface area contributed by atoms with Crippen molar-refractivity contribution in [3.63, 3.8) is 0 Å². The van der Waals surface area contributed by atoms with Crippen LogP contribution in [0.25, 0.3) is 0 Å². The molecule has 0 amide bonds. The van der Waals surface area contributed by atoms with Gasteiger partial charge in [0.15, 0.2) is 6.10 Å². The predicted molar refractivity (Wildman–Crippen MR) is 321 cm³/mol. The Kier molecular flexibility index (Phi) is 59.7. The molecule has 428 valence electrons. The maximum absolute atomic E-state index is 12.9. The van der Waals surface area contributed by atoms with E-state index in [2.05, 4.69) is 93.7 Å². The lowest BCUT2D eigenvalue weighted by Crippen LogP contribution is -2.30. The van der Waals surface area contributed by atoms with Gasteiger partial charge in [0.2, 0.25) is 0 Å². The average molecular weight is 1030 g/mol. The summed E-state index contributed by atoms with van der Waals surface area (Å²) in [6.45, 7) is 6.51. The van der Waals surface area contributed by atoms with Gasteiger partial charge in [-0.1, -0.05) is 286 Å². The molecular weight excluding hydrogens is 913 g/mol. The van der Waals surface area contributed by atoms with Crippen molar-refractivity contribution in [3.05, 3.63) is 72.9 Å². The molecule has 0 aliphatic rings. The highest BCUT2D eigenvalue weighted by Gasteiger charge is 2.19. The summed E-state index contributed by atoms with van der Waals surface area (Å²) in [6.07, 6.45) is 80.7. The molecule has 0 aliphatic heterocycles. The number of esters is 3. The Balaban J connectivity index is 4.15. The topological polar surface area (TPSA) is 78.9 Å². The number of rotatable bonds is 58. The van der Waals surface area contributed by atoms with Gasteiger partial charge in [-0.05, 0) is 89.9 Å². The number of hydrogen-bond donors (Lipinski definition) is 0. The molecule has 6 nitrogen and oxygen atoms in total. The first-order chi connectivity index (χ1) is 36.5. The van der Waals surface area contributed by atoms with E-state index < -0.39 is 6.10 Å². The third kappa shape index (κ3) is 59.7. The minimum Gasteiger partial charge on any atom is -0.462 e. The molecule has 0 aromatic carbocycles. The summed E-state index contributed by atoms with van der Waals surface area (Å²) in [4.78, 5) is 38.1. The highest BCUT2D eigenvalue weighted by molar-refractivity contribution is 5.71. The van der Waals surface area contributed by atoms with Crippen LogP contribution in [0, 0.1) is 0 Å². The van der Waals surface area contributed by atoms with Crippen LogP contribution in [0.2, 0.25) is 0 Å². The molecule has 74 heavy (non-hydrogen) atoms. The van der Waals surface area contributed by atoms with Gasteiger partial charge in [-0.2, -0.15) is 0 Å². The minimum atomic E-state index is -0.777. The lowest BCUT2D eigenvalue weighted by atomic mass is 10.0. The second-order valence-corrected chi connectivity index (χ2v) is 21.3. The second-order valence-electron chi connectivity index (χ2n) is 21.3. The van der Waals surface area contributed by atoms with Crippen LogP contribution in [0.5, 0.6) is 0 Å². The molecule has 0 rings (SSSR count). The lowest BCUT2D eigenvalue weighted by molar-refractivity contribution is -0.167. The molecule has 1 unspecified atom stereocenters.